The van der Waals surface area contributed by atoms with E-state index in [1.165, 1.54) is 11.5 Å². The molecule has 2 nitrogen and oxygen atoms in total. The minimum atomic E-state index is -0.993. The molecule has 2 aromatic rings. The molecule has 0 amide bonds. The molecule has 0 aliphatic carbocycles. The van der Waals surface area contributed by atoms with Gasteiger partial charge >= 0.3 is 0 Å². The number of benzene rings is 1. The highest BCUT2D eigenvalue weighted by Crippen LogP contribution is 2.11. The van der Waals surface area contributed by atoms with Crippen molar-refractivity contribution in [2.75, 3.05) is 12.4 Å². The summed E-state index contributed by atoms with van der Waals surface area (Å²) in [5.74, 6) is 0. The number of hydrogen-bond donors (Lipinski definition) is 1. The van der Waals surface area contributed by atoms with E-state index in [1.54, 1.807) is 12.4 Å². The molecule has 1 atom stereocenters. The molecule has 0 aliphatic rings. The number of alkyl halides is 1. The average molecular weight is 257 g/mol. The van der Waals surface area contributed by atoms with E-state index in [9.17, 15) is 4.39 Å². The Morgan fingerprint density at radius 2 is 1.53 bits per heavy atom. The van der Waals surface area contributed by atoms with E-state index in [-0.39, 0.29) is 0 Å². The first-order chi connectivity index (χ1) is 9.19. The molecule has 98 valence electrons. The second-order valence-corrected chi connectivity index (χ2v) is 4.36. The lowest BCUT2D eigenvalue weighted by Gasteiger charge is -2.00. The highest BCUT2D eigenvalue weighted by atomic mass is 19.1. The van der Waals surface area contributed by atoms with E-state index < -0.39 is 6.30 Å². The maximum atomic E-state index is 13.0. The van der Waals surface area contributed by atoms with Crippen LogP contribution in [-0.2, 0) is 0 Å². The summed E-state index contributed by atoms with van der Waals surface area (Å²) in [5.41, 5.74) is 3.28. The van der Waals surface area contributed by atoms with Crippen molar-refractivity contribution in [2.24, 2.45) is 0 Å². The Morgan fingerprint density at radius 1 is 1.00 bits per heavy atom. The summed E-state index contributed by atoms with van der Waals surface area (Å²) >= 11 is 0. The average Bonchev–Trinajstić information content (AvgIpc) is 2.46. The fraction of sp³-hybridized carbons (Fsp3) is 0.188. The number of halogens is 1. The summed E-state index contributed by atoms with van der Waals surface area (Å²) in [6.45, 7) is 1.51. The van der Waals surface area contributed by atoms with Crippen LogP contribution in [0.4, 0.5) is 10.1 Å². The summed E-state index contributed by atoms with van der Waals surface area (Å²) in [4.78, 5) is 0. The van der Waals surface area contributed by atoms with Crippen LogP contribution < -0.4 is 9.88 Å². The molecule has 0 radical (unpaired) electrons. The van der Waals surface area contributed by atoms with Crippen molar-refractivity contribution >= 4 is 17.8 Å². The molecule has 0 spiro atoms. The maximum Gasteiger partial charge on any atom is 0.296 e. The third kappa shape index (κ3) is 3.65. The standard InChI is InChI=1S/C16H17FN2/c1-13(17)19-11-9-15(10-12-19)4-3-14-5-7-16(18-2)8-6-14/h3-13H,1-2H3/p+1. The first kappa shape index (κ1) is 13.3. The second-order valence-electron chi connectivity index (χ2n) is 4.36. The van der Waals surface area contributed by atoms with E-state index in [0.29, 0.717) is 0 Å². The number of nitrogens with zero attached hydrogens (tertiary/aromatic N) is 1. The molecule has 0 fully saturated rings. The Labute approximate surface area is 113 Å². The van der Waals surface area contributed by atoms with Gasteiger partial charge in [-0.05, 0) is 23.3 Å². The van der Waals surface area contributed by atoms with Gasteiger partial charge in [-0.15, -0.1) is 0 Å². The van der Waals surface area contributed by atoms with E-state index in [1.807, 2.05) is 43.5 Å². The zero-order valence-electron chi connectivity index (χ0n) is 11.2. The van der Waals surface area contributed by atoms with Crippen molar-refractivity contribution in [1.29, 1.82) is 0 Å². The minimum absolute atomic E-state index is 0.993. The van der Waals surface area contributed by atoms with Gasteiger partial charge in [0.1, 0.15) is 0 Å². The van der Waals surface area contributed by atoms with Crippen LogP contribution in [0, 0.1) is 0 Å². The molecule has 1 aromatic heterocycles. The van der Waals surface area contributed by atoms with Crippen molar-refractivity contribution in [1.82, 2.24) is 0 Å². The quantitative estimate of drug-likeness (QED) is 0.826. The molecule has 1 aromatic carbocycles. The van der Waals surface area contributed by atoms with Gasteiger partial charge in [-0.2, -0.15) is 8.96 Å². The predicted molar refractivity (Wildman–Crippen MR) is 77.4 cm³/mol. The normalized spacial score (nSPS) is 12.6. The first-order valence-electron chi connectivity index (χ1n) is 6.30. The number of nitrogens with one attached hydrogen (secondary N) is 1. The van der Waals surface area contributed by atoms with Gasteiger partial charge < -0.3 is 5.32 Å². The van der Waals surface area contributed by atoms with E-state index in [4.69, 9.17) is 0 Å². The second kappa shape index (κ2) is 6.14. The highest BCUT2D eigenvalue weighted by molar-refractivity contribution is 5.70. The lowest BCUT2D eigenvalue weighted by atomic mass is 10.1. The Kier molecular flexibility index (Phi) is 4.29. The smallest absolute Gasteiger partial charge is 0.296 e. The molecular formula is C16H18FN2+. The number of pyridine rings is 1. The zero-order valence-corrected chi connectivity index (χ0v) is 11.2. The summed E-state index contributed by atoms with van der Waals surface area (Å²) < 4.78 is 14.6. The Bertz CT molecular complexity index is 542. The van der Waals surface area contributed by atoms with Crippen LogP contribution >= 0.6 is 0 Å². The lowest BCUT2D eigenvalue weighted by Crippen LogP contribution is -2.34. The van der Waals surface area contributed by atoms with Crippen LogP contribution in [-0.4, -0.2) is 7.05 Å². The highest BCUT2D eigenvalue weighted by Gasteiger charge is 2.07. The van der Waals surface area contributed by atoms with E-state index >= 15 is 0 Å². The molecule has 0 saturated heterocycles. The third-order valence-corrected chi connectivity index (χ3v) is 2.96. The van der Waals surface area contributed by atoms with Crippen LogP contribution in [0.25, 0.3) is 12.2 Å². The monoisotopic (exact) mass is 257 g/mol. The summed E-state index contributed by atoms with van der Waals surface area (Å²) in [6.07, 6.45) is 6.55. The van der Waals surface area contributed by atoms with Gasteiger partial charge in [-0.3, -0.25) is 0 Å². The van der Waals surface area contributed by atoms with Crippen LogP contribution in [0.3, 0.4) is 0 Å². The van der Waals surface area contributed by atoms with Crippen molar-refractivity contribution in [3.8, 4) is 0 Å². The van der Waals surface area contributed by atoms with Crippen molar-refractivity contribution < 1.29 is 8.96 Å². The molecule has 3 heteroatoms. The zero-order chi connectivity index (χ0) is 13.7. The summed E-state index contributed by atoms with van der Waals surface area (Å²) in [5, 5.41) is 3.08. The van der Waals surface area contributed by atoms with Gasteiger partial charge in [0.15, 0.2) is 12.4 Å². The Balaban J connectivity index is 2.08. The Morgan fingerprint density at radius 3 is 2.00 bits per heavy atom. The van der Waals surface area contributed by atoms with Gasteiger partial charge in [0.05, 0.1) is 0 Å². The van der Waals surface area contributed by atoms with Gasteiger partial charge in [0.25, 0.3) is 6.30 Å². The molecular weight excluding hydrogens is 239 g/mol. The Hall–Kier alpha value is -2.16. The van der Waals surface area contributed by atoms with Crippen LogP contribution in [0.2, 0.25) is 0 Å². The SMILES string of the molecule is CNc1ccc(/C=C/c2cc[n+](C(C)F)cc2)cc1. The topological polar surface area (TPSA) is 15.9 Å². The van der Waals surface area contributed by atoms with Crippen molar-refractivity contribution in [2.45, 2.75) is 13.2 Å². The number of rotatable bonds is 4. The minimum Gasteiger partial charge on any atom is -0.388 e. The summed E-state index contributed by atoms with van der Waals surface area (Å²) in [7, 11) is 1.90. The molecule has 0 bridgehead atoms. The summed E-state index contributed by atoms with van der Waals surface area (Å²) in [6, 6.07) is 12.0. The first-order valence-corrected chi connectivity index (χ1v) is 6.30. The number of hydrogen-bond acceptors (Lipinski definition) is 1. The van der Waals surface area contributed by atoms with Crippen LogP contribution in [0.15, 0.2) is 48.8 Å². The molecule has 19 heavy (non-hydrogen) atoms. The van der Waals surface area contributed by atoms with Gasteiger partial charge in [-0.1, -0.05) is 24.3 Å². The van der Waals surface area contributed by atoms with E-state index in [2.05, 4.69) is 17.4 Å². The third-order valence-electron chi connectivity index (χ3n) is 2.96. The molecule has 2 rings (SSSR count). The molecule has 1 N–H and O–H groups in total. The van der Waals surface area contributed by atoms with E-state index in [0.717, 1.165) is 16.8 Å². The van der Waals surface area contributed by atoms with Gasteiger partial charge in [0, 0.05) is 31.8 Å². The lowest BCUT2D eigenvalue weighted by molar-refractivity contribution is -0.743. The fourth-order valence-corrected chi connectivity index (χ4v) is 1.75. The van der Waals surface area contributed by atoms with Crippen LogP contribution in [0.5, 0.6) is 0 Å². The molecule has 0 saturated carbocycles. The largest absolute Gasteiger partial charge is 0.388 e. The van der Waals surface area contributed by atoms with Crippen LogP contribution in [0.1, 0.15) is 24.3 Å². The van der Waals surface area contributed by atoms with Gasteiger partial charge in [-0.25, -0.2) is 0 Å². The predicted octanol–water partition coefficient (Wildman–Crippen LogP) is 3.67. The molecule has 0 aliphatic heterocycles. The molecule has 1 unspecified atom stereocenters. The van der Waals surface area contributed by atoms with Gasteiger partial charge in [0.2, 0.25) is 0 Å². The number of anilines is 1. The molecule has 1 heterocycles. The van der Waals surface area contributed by atoms with Crippen molar-refractivity contribution in [3.05, 3.63) is 59.9 Å². The maximum absolute atomic E-state index is 13.0. The number of aromatic nitrogens is 1. The van der Waals surface area contributed by atoms with Crippen molar-refractivity contribution in [3.63, 3.8) is 0 Å². The fourth-order valence-electron chi connectivity index (χ4n) is 1.75.